The molecule has 0 spiro atoms. The monoisotopic (exact) mass is 338 g/mol. The van der Waals surface area contributed by atoms with E-state index in [0.29, 0.717) is 28.2 Å². The summed E-state index contributed by atoms with van der Waals surface area (Å²) in [4.78, 5) is 19.7. The van der Waals surface area contributed by atoms with Crippen LogP contribution in [0.15, 0.2) is 0 Å². The Balaban J connectivity index is 1.78. The highest BCUT2D eigenvalue weighted by Gasteiger charge is 2.23. The van der Waals surface area contributed by atoms with E-state index >= 15 is 0 Å². The smallest absolute Gasteiger partial charge is 0.226 e. The molecule has 22 heavy (non-hydrogen) atoms. The summed E-state index contributed by atoms with van der Waals surface area (Å²) in [6.07, 6.45) is 5.81. The molecular weight excluding hydrogens is 323 g/mol. The molecule has 0 atom stereocenters. The van der Waals surface area contributed by atoms with Crippen LogP contribution in [0.4, 0.5) is 11.6 Å². The fourth-order valence-corrected chi connectivity index (χ4v) is 3.22. The van der Waals surface area contributed by atoms with Crippen LogP contribution in [0.25, 0.3) is 11.2 Å². The second kappa shape index (κ2) is 5.66. The Morgan fingerprint density at radius 3 is 2.41 bits per heavy atom. The second-order valence-electron chi connectivity index (χ2n) is 5.82. The van der Waals surface area contributed by atoms with Crippen LogP contribution < -0.4 is 10.2 Å². The number of anilines is 2. The highest BCUT2D eigenvalue weighted by Crippen LogP contribution is 2.31. The van der Waals surface area contributed by atoms with E-state index in [0.717, 1.165) is 44.6 Å². The summed E-state index contributed by atoms with van der Waals surface area (Å²) in [5, 5.41) is 3.89. The van der Waals surface area contributed by atoms with E-state index in [2.05, 4.69) is 30.2 Å². The first-order chi connectivity index (χ1) is 10.7. The molecule has 0 radical (unpaired) electrons. The van der Waals surface area contributed by atoms with Gasteiger partial charge in [-0.15, -0.1) is 0 Å². The minimum Gasteiger partial charge on any atom is -0.365 e. The molecule has 0 bridgehead atoms. The Morgan fingerprint density at radius 1 is 0.955 bits per heavy atom. The third-order valence-electron chi connectivity index (χ3n) is 4.29. The van der Waals surface area contributed by atoms with Gasteiger partial charge in [-0.1, -0.05) is 11.6 Å². The largest absolute Gasteiger partial charge is 0.365 e. The number of halogens is 2. The number of aromatic nitrogens is 4. The standard InChI is InChI=1S/C14H16Cl2N6/c15-10-12(17-8-4-3-5-8)19-11-9(18-10)13(21-14(16)20-11)22-6-1-2-7-22/h8H,1-7H2,(H,17,19,20,21). The van der Waals surface area contributed by atoms with Crippen molar-refractivity contribution in [3.63, 3.8) is 0 Å². The van der Waals surface area contributed by atoms with Crippen molar-refractivity contribution in [1.82, 2.24) is 19.9 Å². The van der Waals surface area contributed by atoms with Crippen LogP contribution in [-0.4, -0.2) is 39.1 Å². The van der Waals surface area contributed by atoms with Crippen LogP contribution in [-0.2, 0) is 0 Å². The zero-order valence-electron chi connectivity index (χ0n) is 12.0. The molecule has 116 valence electrons. The Bertz CT molecular complexity index is 712. The van der Waals surface area contributed by atoms with Crippen molar-refractivity contribution in [3.05, 3.63) is 10.4 Å². The first kappa shape index (κ1) is 14.2. The summed E-state index contributed by atoms with van der Waals surface area (Å²) in [7, 11) is 0. The predicted octanol–water partition coefficient (Wildman–Crippen LogP) is 3.29. The predicted molar refractivity (Wildman–Crippen MR) is 87.9 cm³/mol. The van der Waals surface area contributed by atoms with E-state index in [4.69, 9.17) is 23.2 Å². The van der Waals surface area contributed by atoms with Gasteiger partial charge in [0, 0.05) is 19.1 Å². The molecule has 2 fully saturated rings. The van der Waals surface area contributed by atoms with Gasteiger partial charge in [0.15, 0.2) is 28.0 Å². The molecule has 2 aromatic heterocycles. The molecule has 8 heteroatoms. The molecule has 0 unspecified atom stereocenters. The maximum atomic E-state index is 6.30. The second-order valence-corrected chi connectivity index (χ2v) is 6.51. The van der Waals surface area contributed by atoms with Crippen molar-refractivity contribution in [2.24, 2.45) is 0 Å². The van der Waals surface area contributed by atoms with E-state index < -0.39 is 0 Å². The summed E-state index contributed by atoms with van der Waals surface area (Å²) >= 11 is 12.4. The van der Waals surface area contributed by atoms with Crippen molar-refractivity contribution in [1.29, 1.82) is 0 Å². The third kappa shape index (κ3) is 2.54. The molecule has 3 heterocycles. The molecule has 1 aliphatic heterocycles. The molecule has 6 nitrogen and oxygen atoms in total. The topological polar surface area (TPSA) is 66.8 Å². The maximum Gasteiger partial charge on any atom is 0.226 e. The van der Waals surface area contributed by atoms with Crippen LogP contribution >= 0.6 is 23.2 Å². The molecule has 1 N–H and O–H groups in total. The minimum absolute atomic E-state index is 0.195. The molecule has 1 saturated carbocycles. The Hall–Kier alpha value is -1.40. The van der Waals surface area contributed by atoms with Gasteiger partial charge in [0.1, 0.15) is 0 Å². The summed E-state index contributed by atoms with van der Waals surface area (Å²) in [6.45, 7) is 1.90. The average Bonchev–Trinajstić information content (AvgIpc) is 2.97. The van der Waals surface area contributed by atoms with Crippen molar-refractivity contribution < 1.29 is 0 Å². The maximum absolute atomic E-state index is 6.30. The number of rotatable bonds is 3. The van der Waals surface area contributed by atoms with Gasteiger partial charge in [-0.25, -0.2) is 9.97 Å². The van der Waals surface area contributed by atoms with Gasteiger partial charge in [0.25, 0.3) is 0 Å². The lowest BCUT2D eigenvalue weighted by Crippen LogP contribution is -2.28. The van der Waals surface area contributed by atoms with Crippen LogP contribution in [0.2, 0.25) is 10.4 Å². The average molecular weight is 339 g/mol. The molecular formula is C14H16Cl2N6. The number of nitrogens with one attached hydrogen (secondary N) is 1. The lowest BCUT2D eigenvalue weighted by atomic mass is 9.93. The third-order valence-corrected chi connectivity index (χ3v) is 4.73. The molecule has 1 aliphatic carbocycles. The highest BCUT2D eigenvalue weighted by molar-refractivity contribution is 6.32. The summed E-state index contributed by atoms with van der Waals surface area (Å²) in [6, 6.07) is 0.430. The summed E-state index contributed by atoms with van der Waals surface area (Å²) in [5.74, 6) is 1.32. The van der Waals surface area contributed by atoms with Gasteiger partial charge >= 0.3 is 0 Å². The van der Waals surface area contributed by atoms with E-state index in [-0.39, 0.29) is 5.28 Å². The van der Waals surface area contributed by atoms with Gasteiger partial charge in [0.05, 0.1) is 0 Å². The van der Waals surface area contributed by atoms with Crippen LogP contribution in [0.3, 0.4) is 0 Å². The molecule has 2 aromatic rings. The van der Waals surface area contributed by atoms with Crippen LogP contribution in [0.1, 0.15) is 32.1 Å². The van der Waals surface area contributed by atoms with Gasteiger partial charge in [-0.2, -0.15) is 9.97 Å². The lowest BCUT2D eigenvalue weighted by Gasteiger charge is -2.27. The van der Waals surface area contributed by atoms with Crippen molar-refractivity contribution in [3.8, 4) is 0 Å². The van der Waals surface area contributed by atoms with Crippen LogP contribution in [0.5, 0.6) is 0 Å². The summed E-state index contributed by atoms with van der Waals surface area (Å²) < 4.78 is 0. The first-order valence-corrected chi connectivity index (χ1v) is 8.38. The molecule has 0 aromatic carbocycles. The lowest BCUT2D eigenvalue weighted by molar-refractivity contribution is 0.444. The number of nitrogens with zero attached hydrogens (tertiary/aromatic N) is 5. The van der Waals surface area contributed by atoms with Gasteiger partial charge in [-0.3, -0.25) is 0 Å². The number of fused-ring (bicyclic) bond motifs is 1. The molecule has 4 rings (SSSR count). The SMILES string of the molecule is Clc1nc(N2CCCC2)c2nc(Cl)c(NC3CCC3)nc2n1. The van der Waals surface area contributed by atoms with E-state index in [1.807, 2.05) is 0 Å². The van der Waals surface area contributed by atoms with Crippen molar-refractivity contribution >= 4 is 46.0 Å². The Morgan fingerprint density at radius 2 is 1.73 bits per heavy atom. The quantitative estimate of drug-likeness (QED) is 0.866. The summed E-state index contributed by atoms with van der Waals surface area (Å²) in [5.41, 5.74) is 1.11. The Kier molecular flexibility index (Phi) is 3.66. The normalized spacial score (nSPS) is 18.7. The van der Waals surface area contributed by atoms with E-state index in [9.17, 15) is 0 Å². The highest BCUT2D eigenvalue weighted by atomic mass is 35.5. The van der Waals surface area contributed by atoms with E-state index in [1.165, 1.54) is 6.42 Å². The molecule has 2 aliphatic rings. The Labute approximate surface area is 138 Å². The van der Waals surface area contributed by atoms with Gasteiger partial charge in [-0.05, 0) is 43.7 Å². The number of hydrogen-bond donors (Lipinski definition) is 1. The first-order valence-electron chi connectivity index (χ1n) is 7.63. The molecule has 0 amide bonds. The van der Waals surface area contributed by atoms with E-state index in [1.54, 1.807) is 0 Å². The number of hydrogen-bond acceptors (Lipinski definition) is 6. The fraction of sp³-hybridized carbons (Fsp3) is 0.571. The zero-order chi connectivity index (χ0) is 15.1. The van der Waals surface area contributed by atoms with Gasteiger partial charge in [0.2, 0.25) is 5.28 Å². The van der Waals surface area contributed by atoms with Crippen LogP contribution in [0, 0.1) is 0 Å². The molecule has 1 saturated heterocycles. The van der Waals surface area contributed by atoms with Gasteiger partial charge < -0.3 is 10.2 Å². The minimum atomic E-state index is 0.195. The fourth-order valence-electron chi connectivity index (χ4n) is 2.87. The van der Waals surface area contributed by atoms with Crippen molar-refractivity contribution in [2.75, 3.05) is 23.3 Å². The van der Waals surface area contributed by atoms with Crippen molar-refractivity contribution in [2.45, 2.75) is 38.1 Å². The zero-order valence-corrected chi connectivity index (χ0v) is 13.5.